The zero-order valence-electron chi connectivity index (χ0n) is 14.0. The fourth-order valence-corrected chi connectivity index (χ4v) is 2.41. The van der Waals surface area contributed by atoms with Gasteiger partial charge in [0, 0.05) is 5.56 Å². The fraction of sp³-hybridized carbons (Fsp3) is 0.444. The van der Waals surface area contributed by atoms with Crippen LogP contribution >= 0.6 is 24.8 Å². The summed E-state index contributed by atoms with van der Waals surface area (Å²) in [5.74, 6) is 1.94. The molecule has 2 rings (SSSR count). The smallest absolute Gasteiger partial charge is 0.134 e. The lowest BCUT2D eigenvalue weighted by Gasteiger charge is -2.17. The summed E-state index contributed by atoms with van der Waals surface area (Å²) in [6, 6.07) is 14.3. The van der Waals surface area contributed by atoms with Gasteiger partial charge in [-0.2, -0.15) is 0 Å². The number of benzene rings is 1. The number of hydrogen-bond acceptors (Lipinski definition) is 3. The Balaban J connectivity index is 0.00000242. The maximum absolute atomic E-state index is 5.87. The molecule has 1 N–H and O–H groups in total. The summed E-state index contributed by atoms with van der Waals surface area (Å²) >= 11 is 0. The Kier molecular flexibility index (Phi) is 11.9. The quantitative estimate of drug-likeness (QED) is 0.663. The first-order chi connectivity index (χ1) is 10.3. The summed E-state index contributed by atoms with van der Waals surface area (Å²) in [5, 5.41) is 3.45. The van der Waals surface area contributed by atoms with Crippen molar-refractivity contribution in [3.63, 3.8) is 0 Å². The van der Waals surface area contributed by atoms with Crippen LogP contribution in [0.1, 0.15) is 26.0 Å². The molecule has 1 heterocycles. The second-order valence-corrected chi connectivity index (χ2v) is 5.19. The van der Waals surface area contributed by atoms with Gasteiger partial charge in [-0.3, -0.25) is 0 Å². The highest BCUT2D eigenvalue weighted by atomic mass is 35.5. The SMILES string of the molecule is CCN(CC)CCCNCc1ccc(-c2ccccc2)o1.Cl.Cl. The molecular formula is C18H28Cl2N2O. The molecule has 0 aliphatic rings. The van der Waals surface area contributed by atoms with E-state index in [2.05, 4.69) is 42.3 Å². The van der Waals surface area contributed by atoms with E-state index >= 15 is 0 Å². The molecule has 0 amide bonds. The van der Waals surface area contributed by atoms with Crippen LogP contribution in [0.2, 0.25) is 0 Å². The molecule has 0 aliphatic heterocycles. The topological polar surface area (TPSA) is 28.4 Å². The number of rotatable bonds is 9. The van der Waals surface area contributed by atoms with Gasteiger partial charge in [-0.15, -0.1) is 24.8 Å². The zero-order valence-corrected chi connectivity index (χ0v) is 15.6. The largest absolute Gasteiger partial charge is 0.460 e. The fourth-order valence-electron chi connectivity index (χ4n) is 2.41. The van der Waals surface area contributed by atoms with Gasteiger partial charge in [0.1, 0.15) is 11.5 Å². The molecule has 0 saturated carbocycles. The Bertz CT molecular complexity index is 513. The van der Waals surface area contributed by atoms with Crippen LogP contribution in [0.15, 0.2) is 46.9 Å². The Labute approximate surface area is 152 Å². The van der Waals surface area contributed by atoms with Crippen LogP contribution in [-0.4, -0.2) is 31.1 Å². The molecule has 0 atom stereocenters. The summed E-state index contributed by atoms with van der Waals surface area (Å²) in [7, 11) is 0. The van der Waals surface area contributed by atoms with Crippen molar-refractivity contribution in [2.75, 3.05) is 26.2 Å². The number of nitrogens with zero attached hydrogens (tertiary/aromatic N) is 1. The Morgan fingerprint density at radius 2 is 1.65 bits per heavy atom. The van der Waals surface area contributed by atoms with E-state index in [-0.39, 0.29) is 24.8 Å². The molecule has 2 aromatic rings. The second kappa shape index (κ2) is 12.4. The van der Waals surface area contributed by atoms with E-state index in [4.69, 9.17) is 4.42 Å². The summed E-state index contributed by atoms with van der Waals surface area (Å²) in [6.07, 6.45) is 1.17. The van der Waals surface area contributed by atoms with Crippen LogP contribution in [0.25, 0.3) is 11.3 Å². The number of halogens is 2. The molecule has 0 spiro atoms. The molecule has 0 fully saturated rings. The highest BCUT2D eigenvalue weighted by molar-refractivity contribution is 5.85. The molecule has 5 heteroatoms. The minimum absolute atomic E-state index is 0. The monoisotopic (exact) mass is 358 g/mol. The summed E-state index contributed by atoms with van der Waals surface area (Å²) < 4.78 is 5.87. The highest BCUT2D eigenvalue weighted by Crippen LogP contribution is 2.21. The summed E-state index contributed by atoms with van der Waals surface area (Å²) in [4.78, 5) is 2.45. The van der Waals surface area contributed by atoms with Gasteiger partial charge in [0.2, 0.25) is 0 Å². The number of nitrogens with one attached hydrogen (secondary N) is 1. The minimum atomic E-state index is 0. The van der Waals surface area contributed by atoms with Gasteiger partial charge in [-0.1, -0.05) is 44.2 Å². The highest BCUT2D eigenvalue weighted by Gasteiger charge is 2.04. The molecular weight excluding hydrogens is 331 g/mol. The van der Waals surface area contributed by atoms with Crippen LogP contribution in [0.4, 0.5) is 0 Å². The lowest BCUT2D eigenvalue weighted by Crippen LogP contribution is -2.27. The predicted molar refractivity (Wildman–Crippen MR) is 103 cm³/mol. The standard InChI is InChI=1S/C18H26N2O.2ClH/c1-3-20(4-2)14-8-13-19-15-17-11-12-18(21-17)16-9-6-5-7-10-16;;/h5-7,9-12,19H,3-4,8,13-15H2,1-2H3;2*1H. The molecule has 23 heavy (non-hydrogen) atoms. The maximum atomic E-state index is 5.87. The van der Waals surface area contributed by atoms with E-state index in [9.17, 15) is 0 Å². The molecule has 1 aromatic heterocycles. The summed E-state index contributed by atoms with van der Waals surface area (Å²) in [5.41, 5.74) is 1.13. The van der Waals surface area contributed by atoms with E-state index in [0.717, 1.165) is 49.8 Å². The van der Waals surface area contributed by atoms with Crippen LogP contribution in [0, 0.1) is 0 Å². The van der Waals surface area contributed by atoms with Crippen molar-refractivity contribution in [2.45, 2.75) is 26.8 Å². The Morgan fingerprint density at radius 3 is 2.30 bits per heavy atom. The predicted octanol–water partition coefficient (Wildman–Crippen LogP) is 4.61. The summed E-state index contributed by atoms with van der Waals surface area (Å²) in [6.45, 7) is 9.68. The molecule has 1 aromatic carbocycles. The zero-order chi connectivity index (χ0) is 14.9. The van der Waals surface area contributed by atoms with E-state index in [0.29, 0.717) is 0 Å². The molecule has 0 bridgehead atoms. The van der Waals surface area contributed by atoms with E-state index < -0.39 is 0 Å². The van der Waals surface area contributed by atoms with Crippen molar-refractivity contribution in [3.8, 4) is 11.3 Å². The van der Waals surface area contributed by atoms with Crippen molar-refractivity contribution < 1.29 is 4.42 Å². The minimum Gasteiger partial charge on any atom is -0.460 e. The van der Waals surface area contributed by atoms with E-state index in [1.54, 1.807) is 0 Å². The average Bonchev–Trinajstić information content (AvgIpc) is 3.01. The van der Waals surface area contributed by atoms with Gasteiger partial charge in [-0.05, 0) is 44.7 Å². The number of hydrogen-bond donors (Lipinski definition) is 1. The van der Waals surface area contributed by atoms with Crippen LogP contribution in [-0.2, 0) is 6.54 Å². The van der Waals surface area contributed by atoms with Crippen molar-refractivity contribution in [3.05, 3.63) is 48.2 Å². The lowest BCUT2D eigenvalue weighted by molar-refractivity contribution is 0.297. The van der Waals surface area contributed by atoms with Crippen molar-refractivity contribution in [1.82, 2.24) is 10.2 Å². The molecule has 130 valence electrons. The molecule has 3 nitrogen and oxygen atoms in total. The van der Waals surface area contributed by atoms with Crippen LogP contribution in [0.3, 0.4) is 0 Å². The number of furan rings is 1. The van der Waals surface area contributed by atoms with Gasteiger partial charge in [0.25, 0.3) is 0 Å². The average molecular weight is 359 g/mol. The lowest BCUT2D eigenvalue weighted by atomic mass is 10.2. The van der Waals surface area contributed by atoms with E-state index in [1.165, 1.54) is 6.42 Å². The Hall–Kier alpha value is -1.000. The van der Waals surface area contributed by atoms with Gasteiger partial charge in [0.05, 0.1) is 6.54 Å². The van der Waals surface area contributed by atoms with Crippen LogP contribution < -0.4 is 5.32 Å². The van der Waals surface area contributed by atoms with E-state index in [1.807, 2.05) is 24.3 Å². The third-order valence-electron chi connectivity index (χ3n) is 3.74. The van der Waals surface area contributed by atoms with Crippen molar-refractivity contribution >= 4 is 24.8 Å². The molecule has 0 radical (unpaired) electrons. The van der Waals surface area contributed by atoms with Crippen LogP contribution in [0.5, 0.6) is 0 Å². The Morgan fingerprint density at radius 1 is 0.957 bits per heavy atom. The molecule has 0 unspecified atom stereocenters. The van der Waals surface area contributed by atoms with Gasteiger partial charge >= 0.3 is 0 Å². The van der Waals surface area contributed by atoms with Crippen molar-refractivity contribution in [2.24, 2.45) is 0 Å². The van der Waals surface area contributed by atoms with Gasteiger partial charge in [0.15, 0.2) is 0 Å². The first-order valence-electron chi connectivity index (χ1n) is 7.90. The molecule has 0 aliphatic carbocycles. The second-order valence-electron chi connectivity index (χ2n) is 5.19. The third-order valence-corrected chi connectivity index (χ3v) is 3.74. The van der Waals surface area contributed by atoms with Gasteiger partial charge in [-0.25, -0.2) is 0 Å². The third kappa shape index (κ3) is 7.40. The molecule has 0 saturated heterocycles. The maximum Gasteiger partial charge on any atom is 0.134 e. The first-order valence-corrected chi connectivity index (χ1v) is 7.90. The van der Waals surface area contributed by atoms with Gasteiger partial charge < -0.3 is 14.6 Å². The normalized spacial score (nSPS) is 10.2. The van der Waals surface area contributed by atoms with Crippen molar-refractivity contribution in [1.29, 1.82) is 0 Å². The first kappa shape index (κ1) is 22.0.